The van der Waals surface area contributed by atoms with E-state index in [1.165, 1.54) is 31.2 Å². The molecule has 2 aliphatic rings. The van der Waals surface area contributed by atoms with Gasteiger partial charge in [0.25, 0.3) is 5.91 Å². The Labute approximate surface area is 222 Å². The number of carbonyl (C=O) groups is 2. The highest BCUT2D eigenvalue weighted by atomic mass is 16.5. The molecule has 8 heteroatoms. The second-order valence-electron chi connectivity index (χ2n) is 8.48. The molecule has 4 rings (SSSR count). The Morgan fingerprint density at radius 1 is 1.03 bits per heavy atom. The molecule has 0 atom stereocenters. The second kappa shape index (κ2) is 18.2. The topological polar surface area (TPSA) is 105 Å². The van der Waals surface area contributed by atoms with E-state index in [1.807, 2.05) is 26.8 Å². The Bertz CT molecular complexity index is 918. The number of piperazine rings is 1. The van der Waals surface area contributed by atoms with Crippen molar-refractivity contribution in [1.29, 1.82) is 0 Å². The highest BCUT2D eigenvalue weighted by Crippen LogP contribution is 2.19. The first kappa shape index (κ1) is 31.9. The highest BCUT2D eigenvalue weighted by molar-refractivity contribution is 5.95. The maximum atomic E-state index is 11.4. The zero-order valence-electron chi connectivity index (χ0n) is 23.2. The van der Waals surface area contributed by atoms with Crippen LogP contribution in [0.5, 0.6) is 5.75 Å². The first-order chi connectivity index (χ1) is 17.9. The molecule has 0 spiro atoms. The molecular formula is C29H45N3O5. The third-order valence-electron chi connectivity index (χ3n) is 5.81. The summed E-state index contributed by atoms with van der Waals surface area (Å²) in [4.78, 5) is 26.2. The summed E-state index contributed by atoms with van der Waals surface area (Å²) in [6.45, 7) is 12.8. The zero-order chi connectivity index (χ0) is 27.6. The van der Waals surface area contributed by atoms with Gasteiger partial charge in [-0.2, -0.15) is 0 Å². The van der Waals surface area contributed by atoms with E-state index < -0.39 is 5.91 Å². The lowest BCUT2D eigenvalue weighted by molar-refractivity contribution is -0.134. The normalized spacial score (nSPS) is 13.9. The molecule has 0 unspecified atom stereocenters. The van der Waals surface area contributed by atoms with E-state index >= 15 is 0 Å². The van der Waals surface area contributed by atoms with Gasteiger partial charge in [-0.3, -0.25) is 9.59 Å². The Morgan fingerprint density at radius 3 is 2.03 bits per heavy atom. The van der Waals surface area contributed by atoms with Crippen LogP contribution in [0.4, 0.5) is 5.69 Å². The van der Waals surface area contributed by atoms with Crippen molar-refractivity contribution in [2.75, 3.05) is 58.0 Å². The van der Waals surface area contributed by atoms with Crippen molar-refractivity contribution in [2.24, 2.45) is 5.73 Å². The molecule has 0 aliphatic carbocycles. The van der Waals surface area contributed by atoms with E-state index in [4.69, 9.17) is 20.3 Å². The number of hydrogen-bond acceptors (Lipinski definition) is 6. The number of nitrogens with zero attached hydrogens (tertiary/aromatic N) is 2. The summed E-state index contributed by atoms with van der Waals surface area (Å²) in [6.07, 6.45) is 3.57. The van der Waals surface area contributed by atoms with Gasteiger partial charge in [-0.25, -0.2) is 0 Å². The number of aliphatic hydroxyl groups excluding tert-OH is 1. The second-order valence-corrected chi connectivity index (χ2v) is 8.48. The van der Waals surface area contributed by atoms with Crippen molar-refractivity contribution >= 4 is 17.5 Å². The molecule has 37 heavy (non-hydrogen) atoms. The maximum Gasteiger partial charge on any atom is 0.252 e. The smallest absolute Gasteiger partial charge is 0.252 e. The summed E-state index contributed by atoms with van der Waals surface area (Å²) in [6, 6.07) is 14.0. The number of rotatable bonds is 6. The van der Waals surface area contributed by atoms with Gasteiger partial charge in [-0.05, 0) is 55.2 Å². The molecule has 2 aliphatic heterocycles. The van der Waals surface area contributed by atoms with Gasteiger partial charge in [-0.1, -0.05) is 45.4 Å². The molecule has 3 N–H and O–H groups in total. The number of aryl methyl sites for hydroxylation is 2. The minimum Gasteiger partial charge on any atom is -0.496 e. The van der Waals surface area contributed by atoms with Crippen molar-refractivity contribution in [3.63, 3.8) is 0 Å². The fourth-order valence-corrected chi connectivity index (χ4v) is 3.62. The van der Waals surface area contributed by atoms with Crippen LogP contribution < -0.4 is 15.4 Å². The first-order valence-corrected chi connectivity index (χ1v) is 13.1. The fraction of sp³-hybridized carbons (Fsp3) is 0.517. The van der Waals surface area contributed by atoms with Crippen LogP contribution in [0.2, 0.25) is 0 Å². The molecule has 206 valence electrons. The van der Waals surface area contributed by atoms with Crippen LogP contribution >= 0.6 is 0 Å². The summed E-state index contributed by atoms with van der Waals surface area (Å²) in [5.41, 5.74) is 9.17. The number of methoxy groups -OCH3 is 1. The van der Waals surface area contributed by atoms with Crippen LogP contribution in [0.15, 0.2) is 42.5 Å². The SMILES string of the molecule is C1COC1.CC.CCCc1ccc(N2CCN(C(=O)CO)CC2)cc1.COc1cc(C)ccc1C(N)=O. The van der Waals surface area contributed by atoms with Crippen molar-refractivity contribution in [1.82, 2.24) is 4.90 Å². The highest BCUT2D eigenvalue weighted by Gasteiger charge is 2.20. The fourth-order valence-electron chi connectivity index (χ4n) is 3.62. The van der Waals surface area contributed by atoms with E-state index in [0.29, 0.717) is 24.4 Å². The third-order valence-corrected chi connectivity index (χ3v) is 5.81. The lowest BCUT2D eigenvalue weighted by atomic mass is 10.1. The molecule has 2 fully saturated rings. The van der Waals surface area contributed by atoms with Crippen molar-refractivity contribution < 1.29 is 24.2 Å². The summed E-state index contributed by atoms with van der Waals surface area (Å²) in [7, 11) is 1.52. The van der Waals surface area contributed by atoms with Gasteiger partial charge in [0.15, 0.2) is 0 Å². The lowest BCUT2D eigenvalue weighted by Gasteiger charge is -2.36. The molecule has 0 saturated carbocycles. The molecule has 8 nitrogen and oxygen atoms in total. The molecule has 0 aromatic heterocycles. The van der Waals surface area contributed by atoms with Crippen LogP contribution in [-0.4, -0.2) is 74.9 Å². The monoisotopic (exact) mass is 515 g/mol. The van der Waals surface area contributed by atoms with Crippen molar-refractivity contribution in [2.45, 2.75) is 47.0 Å². The maximum absolute atomic E-state index is 11.4. The number of benzene rings is 2. The van der Waals surface area contributed by atoms with Crippen LogP contribution in [0.3, 0.4) is 0 Å². The molecular weight excluding hydrogens is 470 g/mol. The van der Waals surface area contributed by atoms with Crippen molar-refractivity contribution in [3.8, 4) is 5.75 Å². The van der Waals surface area contributed by atoms with E-state index in [1.54, 1.807) is 17.0 Å². The van der Waals surface area contributed by atoms with Gasteiger partial charge in [0.1, 0.15) is 12.4 Å². The molecule has 2 aromatic carbocycles. The lowest BCUT2D eigenvalue weighted by Crippen LogP contribution is -2.49. The Balaban J connectivity index is 0.000000322. The summed E-state index contributed by atoms with van der Waals surface area (Å²) in [5.74, 6) is -0.104. The van der Waals surface area contributed by atoms with Gasteiger partial charge in [0.05, 0.1) is 12.7 Å². The number of anilines is 1. The van der Waals surface area contributed by atoms with E-state index in [9.17, 15) is 9.59 Å². The molecule has 2 saturated heterocycles. The molecule has 2 aromatic rings. The first-order valence-electron chi connectivity index (χ1n) is 13.1. The van der Waals surface area contributed by atoms with Crippen LogP contribution in [-0.2, 0) is 16.0 Å². The van der Waals surface area contributed by atoms with Gasteiger partial charge >= 0.3 is 0 Å². The molecule has 2 amide bonds. The average molecular weight is 516 g/mol. The van der Waals surface area contributed by atoms with E-state index in [-0.39, 0.29) is 12.5 Å². The number of ether oxygens (including phenoxy) is 2. The number of amides is 2. The van der Waals surface area contributed by atoms with Crippen molar-refractivity contribution in [3.05, 3.63) is 59.2 Å². The minimum absolute atomic E-state index is 0.169. The summed E-state index contributed by atoms with van der Waals surface area (Å²) >= 11 is 0. The number of nitrogens with two attached hydrogens (primary N) is 1. The number of hydrogen-bond donors (Lipinski definition) is 2. The van der Waals surface area contributed by atoms with Crippen LogP contribution in [0, 0.1) is 6.92 Å². The van der Waals surface area contributed by atoms with Gasteiger partial charge < -0.3 is 30.1 Å². The van der Waals surface area contributed by atoms with Gasteiger partial charge in [-0.15, -0.1) is 0 Å². The average Bonchev–Trinajstić information content (AvgIpc) is 2.89. The predicted molar refractivity (Wildman–Crippen MR) is 149 cm³/mol. The molecule has 0 radical (unpaired) electrons. The number of carbonyl (C=O) groups excluding carboxylic acids is 2. The van der Waals surface area contributed by atoms with Crippen LogP contribution in [0.25, 0.3) is 0 Å². The predicted octanol–water partition coefficient (Wildman–Crippen LogP) is 3.82. The van der Waals surface area contributed by atoms with Gasteiger partial charge in [0.2, 0.25) is 5.91 Å². The quantitative estimate of drug-likeness (QED) is 0.606. The molecule has 0 bridgehead atoms. The van der Waals surface area contributed by atoms with E-state index in [0.717, 1.165) is 38.3 Å². The number of primary amides is 1. The Morgan fingerprint density at radius 2 is 1.59 bits per heavy atom. The van der Waals surface area contributed by atoms with Gasteiger partial charge in [0, 0.05) is 45.1 Å². The number of aliphatic hydroxyl groups is 1. The third kappa shape index (κ3) is 11.2. The summed E-state index contributed by atoms with van der Waals surface area (Å²) in [5, 5.41) is 8.85. The zero-order valence-corrected chi connectivity index (χ0v) is 23.2. The Hall–Kier alpha value is -3.10. The van der Waals surface area contributed by atoms with Crippen LogP contribution in [0.1, 0.15) is 55.1 Å². The minimum atomic E-state index is -0.466. The standard InChI is InChI=1S/C15H22N2O2.C9H11NO2.C3H6O.C2H6/c1-2-3-13-4-6-14(7-5-13)16-8-10-17(11-9-16)15(19)12-18;1-6-3-4-7(9(10)11)8(5-6)12-2;1-2-4-3-1;1-2/h4-7,18H,2-3,8-12H2,1H3;3-5H,1-2H3,(H2,10,11);1-3H2;1-2H3. The summed E-state index contributed by atoms with van der Waals surface area (Å²) < 4.78 is 9.71. The Kier molecular flexibility index (Phi) is 15.7. The molecule has 2 heterocycles. The van der Waals surface area contributed by atoms with E-state index in [2.05, 4.69) is 36.1 Å². The largest absolute Gasteiger partial charge is 0.496 e.